The van der Waals surface area contributed by atoms with E-state index in [1.165, 1.54) is 5.56 Å². The summed E-state index contributed by atoms with van der Waals surface area (Å²) in [6.45, 7) is 3.88. The lowest BCUT2D eigenvalue weighted by Crippen LogP contribution is -2.01. The van der Waals surface area contributed by atoms with Gasteiger partial charge < -0.3 is 9.52 Å². The van der Waals surface area contributed by atoms with Crippen LogP contribution in [-0.4, -0.2) is 10.9 Å². The van der Waals surface area contributed by atoms with Crippen LogP contribution in [0.2, 0.25) is 0 Å². The fraction of sp³-hybridized carbons (Fsp3) is 0.125. The summed E-state index contributed by atoms with van der Waals surface area (Å²) < 4.78 is 5.91. The van der Waals surface area contributed by atoms with Crippen LogP contribution in [0.4, 0.5) is 0 Å². The number of aromatic hydroxyl groups is 1. The fourth-order valence-electron chi connectivity index (χ4n) is 3.40. The van der Waals surface area contributed by atoms with Gasteiger partial charge in [0.15, 0.2) is 5.76 Å². The van der Waals surface area contributed by atoms with E-state index in [2.05, 4.69) is 6.92 Å². The Morgan fingerprint density at radius 2 is 1.67 bits per heavy atom. The maximum Gasteiger partial charge on any atom is 0.228 e. The highest BCUT2D eigenvalue weighted by atomic mass is 16.3. The van der Waals surface area contributed by atoms with Crippen LogP contribution >= 0.6 is 0 Å². The number of phenolic OH excluding ortho intramolecular Hbond substituents is 1. The number of carbonyl (C=O) groups is 1. The van der Waals surface area contributed by atoms with Gasteiger partial charge in [-0.25, -0.2) is 0 Å². The summed E-state index contributed by atoms with van der Waals surface area (Å²) in [5.41, 5.74) is 4.76. The third-order valence-corrected chi connectivity index (χ3v) is 4.95. The van der Waals surface area contributed by atoms with Crippen molar-refractivity contribution in [2.45, 2.75) is 20.3 Å². The van der Waals surface area contributed by atoms with E-state index >= 15 is 0 Å². The lowest BCUT2D eigenvalue weighted by atomic mass is 10.0. The first-order valence-electron chi connectivity index (χ1n) is 9.03. The topological polar surface area (TPSA) is 50.4 Å². The third kappa shape index (κ3) is 3.02. The minimum absolute atomic E-state index is 0.119. The molecule has 0 aliphatic carbocycles. The van der Waals surface area contributed by atoms with E-state index in [0.717, 1.165) is 17.5 Å². The molecule has 134 valence electrons. The van der Waals surface area contributed by atoms with Crippen LogP contribution in [0, 0.1) is 6.92 Å². The zero-order valence-electron chi connectivity index (χ0n) is 15.3. The molecule has 0 unspecified atom stereocenters. The van der Waals surface area contributed by atoms with Crippen molar-refractivity contribution in [3.63, 3.8) is 0 Å². The maximum absolute atomic E-state index is 12.9. The fourth-order valence-corrected chi connectivity index (χ4v) is 3.40. The summed E-state index contributed by atoms with van der Waals surface area (Å²) in [5.74, 6) is 0.217. The first-order valence-corrected chi connectivity index (χ1v) is 9.03. The molecule has 3 nitrogen and oxygen atoms in total. The highest BCUT2D eigenvalue weighted by Gasteiger charge is 2.22. The monoisotopic (exact) mass is 356 g/mol. The first kappa shape index (κ1) is 17.1. The van der Waals surface area contributed by atoms with Crippen LogP contribution in [0.15, 0.2) is 71.1 Å². The van der Waals surface area contributed by atoms with E-state index in [0.29, 0.717) is 22.1 Å². The molecule has 0 fully saturated rings. The molecule has 0 aliphatic rings. The van der Waals surface area contributed by atoms with Crippen LogP contribution in [-0.2, 0) is 6.42 Å². The van der Waals surface area contributed by atoms with E-state index in [-0.39, 0.29) is 17.3 Å². The summed E-state index contributed by atoms with van der Waals surface area (Å²) in [5, 5.41) is 11.1. The molecule has 1 aromatic heterocycles. The van der Waals surface area contributed by atoms with E-state index in [1.807, 2.05) is 60.7 Å². The SMILES string of the molecule is CCc1ccc(C(=O)c2oc3cc(-c4ccccc4)cc(O)c3c2C)cc1. The molecule has 0 bridgehead atoms. The van der Waals surface area contributed by atoms with Gasteiger partial charge in [0.2, 0.25) is 5.78 Å². The number of carbonyl (C=O) groups excluding carboxylic acids is 1. The highest BCUT2D eigenvalue weighted by molar-refractivity contribution is 6.11. The zero-order chi connectivity index (χ0) is 19.0. The molecule has 0 radical (unpaired) electrons. The minimum Gasteiger partial charge on any atom is -0.507 e. The first-order chi connectivity index (χ1) is 13.1. The Hall–Kier alpha value is -3.33. The van der Waals surface area contributed by atoms with Crippen LogP contribution in [0.3, 0.4) is 0 Å². The molecule has 0 atom stereocenters. The summed E-state index contributed by atoms with van der Waals surface area (Å²) in [7, 11) is 0. The molecule has 0 spiro atoms. The van der Waals surface area contributed by atoms with Gasteiger partial charge in [-0.2, -0.15) is 0 Å². The molecule has 0 saturated heterocycles. The average molecular weight is 356 g/mol. The molecule has 27 heavy (non-hydrogen) atoms. The van der Waals surface area contributed by atoms with Crippen molar-refractivity contribution in [2.75, 3.05) is 0 Å². The largest absolute Gasteiger partial charge is 0.507 e. The van der Waals surface area contributed by atoms with Crippen molar-refractivity contribution in [3.05, 3.63) is 89.2 Å². The predicted molar refractivity (Wildman–Crippen MR) is 107 cm³/mol. The third-order valence-electron chi connectivity index (χ3n) is 4.95. The Bertz CT molecular complexity index is 1120. The van der Waals surface area contributed by atoms with Gasteiger partial charge in [-0.15, -0.1) is 0 Å². The van der Waals surface area contributed by atoms with Gasteiger partial charge in [0.25, 0.3) is 0 Å². The van der Waals surface area contributed by atoms with Crippen molar-refractivity contribution < 1.29 is 14.3 Å². The number of hydrogen-bond donors (Lipinski definition) is 1. The minimum atomic E-state index is -0.174. The molecule has 3 heteroatoms. The number of ketones is 1. The van der Waals surface area contributed by atoms with E-state index in [4.69, 9.17) is 4.42 Å². The van der Waals surface area contributed by atoms with E-state index < -0.39 is 0 Å². The molecule has 0 amide bonds. The molecule has 3 aromatic carbocycles. The molecule has 1 N–H and O–H groups in total. The summed E-state index contributed by atoms with van der Waals surface area (Å²) in [4.78, 5) is 12.9. The van der Waals surface area contributed by atoms with Crippen LogP contribution in [0.1, 0.15) is 34.2 Å². The lowest BCUT2D eigenvalue weighted by molar-refractivity contribution is 0.101. The van der Waals surface area contributed by atoms with Crippen molar-refractivity contribution in [1.29, 1.82) is 0 Å². The maximum atomic E-state index is 12.9. The molecule has 0 aliphatic heterocycles. The summed E-state index contributed by atoms with van der Waals surface area (Å²) >= 11 is 0. The Morgan fingerprint density at radius 3 is 2.33 bits per heavy atom. The number of furan rings is 1. The smallest absolute Gasteiger partial charge is 0.228 e. The molecular formula is C24H20O3. The quantitative estimate of drug-likeness (QED) is 0.463. The van der Waals surface area contributed by atoms with Crippen molar-refractivity contribution in [1.82, 2.24) is 0 Å². The second-order valence-corrected chi connectivity index (χ2v) is 6.67. The van der Waals surface area contributed by atoms with Gasteiger partial charge in [0.1, 0.15) is 11.3 Å². The lowest BCUT2D eigenvalue weighted by Gasteiger charge is -2.03. The Kier molecular flexibility index (Phi) is 4.28. The highest BCUT2D eigenvalue weighted by Crippen LogP contribution is 2.37. The van der Waals surface area contributed by atoms with E-state index in [1.54, 1.807) is 13.0 Å². The standard InChI is InChI=1S/C24H20O3/c1-3-16-9-11-18(12-10-16)23(26)24-15(2)22-20(25)13-19(14-21(22)27-24)17-7-5-4-6-8-17/h4-14,25H,3H2,1-2H3. The van der Waals surface area contributed by atoms with Gasteiger partial charge >= 0.3 is 0 Å². The number of aryl methyl sites for hydroxylation is 2. The summed E-state index contributed by atoms with van der Waals surface area (Å²) in [6, 6.07) is 20.9. The van der Waals surface area contributed by atoms with Crippen molar-refractivity contribution >= 4 is 16.8 Å². The zero-order valence-corrected chi connectivity index (χ0v) is 15.3. The number of benzene rings is 3. The Labute approximate surface area is 157 Å². The van der Waals surface area contributed by atoms with Gasteiger partial charge in [-0.05, 0) is 42.2 Å². The molecule has 1 heterocycles. The number of fused-ring (bicyclic) bond motifs is 1. The average Bonchev–Trinajstić information content (AvgIpc) is 3.05. The number of phenols is 1. The second-order valence-electron chi connectivity index (χ2n) is 6.67. The van der Waals surface area contributed by atoms with Gasteiger partial charge in [0, 0.05) is 11.1 Å². The normalized spacial score (nSPS) is 11.0. The number of hydrogen-bond acceptors (Lipinski definition) is 3. The van der Waals surface area contributed by atoms with Crippen LogP contribution < -0.4 is 0 Å². The molecule has 0 saturated carbocycles. The number of rotatable bonds is 4. The molecule has 4 rings (SSSR count). The van der Waals surface area contributed by atoms with Gasteiger partial charge in [-0.3, -0.25) is 4.79 Å². The van der Waals surface area contributed by atoms with Crippen LogP contribution in [0.25, 0.3) is 22.1 Å². The molecule has 4 aromatic rings. The van der Waals surface area contributed by atoms with Gasteiger partial charge in [-0.1, -0.05) is 61.5 Å². The molecular weight excluding hydrogens is 336 g/mol. The van der Waals surface area contributed by atoms with Crippen molar-refractivity contribution in [3.8, 4) is 16.9 Å². The Morgan fingerprint density at radius 1 is 0.963 bits per heavy atom. The van der Waals surface area contributed by atoms with Gasteiger partial charge in [0.05, 0.1) is 5.39 Å². The second kappa shape index (κ2) is 6.76. The van der Waals surface area contributed by atoms with Crippen LogP contribution in [0.5, 0.6) is 5.75 Å². The Balaban J connectivity index is 1.81. The van der Waals surface area contributed by atoms with E-state index in [9.17, 15) is 9.90 Å². The van der Waals surface area contributed by atoms with Crippen molar-refractivity contribution in [2.24, 2.45) is 0 Å². The predicted octanol–water partition coefficient (Wildman–Crippen LogP) is 5.91. The summed E-state index contributed by atoms with van der Waals surface area (Å²) in [6.07, 6.45) is 0.925.